The van der Waals surface area contributed by atoms with Crippen LogP contribution >= 0.6 is 0 Å². The van der Waals surface area contributed by atoms with Crippen LogP contribution in [0, 0.1) is 13.8 Å². The lowest BCUT2D eigenvalue weighted by atomic mass is 9.99. The first-order chi connectivity index (χ1) is 10.6. The molecule has 2 atom stereocenters. The molecule has 4 heteroatoms. The maximum Gasteiger partial charge on any atom is 0.142 e. The molecule has 0 saturated carbocycles. The van der Waals surface area contributed by atoms with Gasteiger partial charge < -0.3 is 4.74 Å². The lowest BCUT2D eigenvalue weighted by Gasteiger charge is -2.38. The Morgan fingerprint density at radius 1 is 1.23 bits per heavy atom. The van der Waals surface area contributed by atoms with Crippen molar-refractivity contribution in [1.29, 1.82) is 0 Å². The Kier molecular flexibility index (Phi) is 4.50. The molecule has 4 nitrogen and oxygen atoms in total. The first-order valence-corrected chi connectivity index (χ1v) is 7.82. The molecule has 0 radical (unpaired) electrons. The van der Waals surface area contributed by atoms with E-state index in [1.165, 1.54) is 16.7 Å². The Hall–Kier alpha value is -1.78. The minimum absolute atomic E-state index is 0.125. The molecule has 1 aromatic heterocycles. The highest BCUT2D eigenvalue weighted by Crippen LogP contribution is 2.28. The maximum absolute atomic E-state index is 6.10. The topological polar surface area (TPSA) is 38.2 Å². The molecular formula is C18H23N3O. The van der Waals surface area contributed by atoms with Crippen molar-refractivity contribution < 1.29 is 4.74 Å². The van der Waals surface area contributed by atoms with Crippen molar-refractivity contribution >= 4 is 0 Å². The van der Waals surface area contributed by atoms with Gasteiger partial charge in [0.1, 0.15) is 5.82 Å². The van der Waals surface area contributed by atoms with Crippen LogP contribution in [0.4, 0.5) is 0 Å². The summed E-state index contributed by atoms with van der Waals surface area (Å²) >= 11 is 0. The van der Waals surface area contributed by atoms with Crippen molar-refractivity contribution in [3.05, 3.63) is 59.2 Å². The van der Waals surface area contributed by atoms with Gasteiger partial charge in [0.05, 0.1) is 19.3 Å². The largest absolute Gasteiger partial charge is 0.371 e. The molecule has 0 aliphatic carbocycles. The Labute approximate surface area is 132 Å². The van der Waals surface area contributed by atoms with Crippen LogP contribution in [-0.4, -0.2) is 34.1 Å². The van der Waals surface area contributed by atoms with E-state index in [9.17, 15) is 0 Å². The number of ether oxygens (including phenoxy) is 1. The van der Waals surface area contributed by atoms with Crippen LogP contribution in [0.2, 0.25) is 0 Å². The second-order valence-corrected chi connectivity index (χ2v) is 6.13. The van der Waals surface area contributed by atoms with Gasteiger partial charge in [0.15, 0.2) is 0 Å². The Morgan fingerprint density at radius 2 is 2.00 bits per heavy atom. The summed E-state index contributed by atoms with van der Waals surface area (Å²) in [6, 6.07) is 8.81. The molecule has 0 N–H and O–H groups in total. The van der Waals surface area contributed by atoms with E-state index in [1.54, 1.807) is 12.4 Å². The average Bonchev–Trinajstić information content (AvgIpc) is 2.53. The lowest BCUT2D eigenvalue weighted by Crippen LogP contribution is -2.44. The van der Waals surface area contributed by atoms with Crippen LogP contribution in [0.1, 0.15) is 35.5 Å². The zero-order valence-corrected chi connectivity index (χ0v) is 13.5. The number of rotatable bonds is 3. The van der Waals surface area contributed by atoms with E-state index in [0.29, 0.717) is 6.04 Å². The van der Waals surface area contributed by atoms with Gasteiger partial charge in [0.2, 0.25) is 0 Å². The molecule has 0 spiro atoms. The number of benzene rings is 1. The molecule has 1 aromatic carbocycles. The highest BCUT2D eigenvalue weighted by molar-refractivity contribution is 5.32. The van der Waals surface area contributed by atoms with Crippen molar-refractivity contribution in [2.45, 2.75) is 39.5 Å². The van der Waals surface area contributed by atoms with E-state index >= 15 is 0 Å². The Bertz CT molecular complexity index is 629. The molecule has 0 bridgehead atoms. The van der Waals surface area contributed by atoms with E-state index in [4.69, 9.17) is 4.74 Å². The summed E-state index contributed by atoms with van der Waals surface area (Å²) in [5, 5.41) is 0. The molecule has 1 fully saturated rings. The van der Waals surface area contributed by atoms with Gasteiger partial charge in [-0.25, -0.2) is 9.97 Å². The maximum atomic E-state index is 6.10. The van der Waals surface area contributed by atoms with E-state index < -0.39 is 0 Å². The highest BCUT2D eigenvalue weighted by Gasteiger charge is 2.28. The van der Waals surface area contributed by atoms with Crippen molar-refractivity contribution in [2.75, 3.05) is 13.2 Å². The third kappa shape index (κ3) is 3.34. The van der Waals surface area contributed by atoms with Crippen LogP contribution in [0.5, 0.6) is 0 Å². The molecule has 2 heterocycles. The van der Waals surface area contributed by atoms with Gasteiger partial charge in [-0.15, -0.1) is 0 Å². The third-order valence-electron chi connectivity index (χ3n) is 4.31. The Balaban J connectivity index is 1.77. The smallest absolute Gasteiger partial charge is 0.142 e. The van der Waals surface area contributed by atoms with Gasteiger partial charge in [-0.05, 0) is 38.0 Å². The van der Waals surface area contributed by atoms with Crippen LogP contribution in [0.15, 0.2) is 36.7 Å². The normalized spacial score (nSPS) is 22.7. The summed E-state index contributed by atoms with van der Waals surface area (Å²) < 4.78 is 6.10. The van der Waals surface area contributed by atoms with Crippen LogP contribution < -0.4 is 0 Å². The highest BCUT2D eigenvalue weighted by atomic mass is 16.5. The average molecular weight is 297 g/mol. The molecule has 116 valence electrons. The van der Waals surface area contributed by atoms with Crippen LogP contribution in [0.25, 0.3) is 0 Å². The molecule has 22 heavy (non-hydrogen) atoms. The van der Waals surface area contributed by atoms with Gasteiger partial charge >= 0.3 is 0 Å². The lowest BCUT2D eigenvalue weighted by molar-refractivity contribution is -0.0643. The summed E-state index contributed by atoms with van der Waals surface area (Å²) in [5.74, 6) is 0.871. The zero-order chi connectivity index (χ0) is 15.5. The van der Waals surface area contributed by atoms with Crippen LogP contribution in [-0.2, 0) is 11.3 Å². The molecule has 1 saturated heterocycles. The first kappa shape index (κ1) is 15.1. The minimum Gasteiger partial charge on any atom is -0.371 e. The quantitative estimate of drug-likeness (QED) is 0.873. The van der Waals surface area contributed by atoms with E-state index in [-0.39, 0.29) is 6.10 Å². The predicted octanol–water partition coefficient (Wildman–Crippen LogP) is 3.06. The number of nitrogens with zero attached hydrogens (tertiary/aromatic N) is 3. The van der Waals surface area contributed by atoms with Crippen LogP contribution in [0.3, 0.4) is 0 Å². The minimum atomic E-state index is 0.125. The predicted molar refractivity (Wildman–Crippen MR) is 86.5 cm³/mol. The molecule has 2 aromatic rings. The van der Waals surface area contributed by atoms with Crippen molar-refractivity contribution in [1.82, 2.24) is 14.9 Å². The van der Waals surface area contributed by atoms with Gasteiger partial charge in [-0.3, -0.25) is 4.90 Å². The Morgan fingerprint density at radius 3 is 2.77 bits per heavy atom. The molecule has 0 unspecified atom stereocenters. The van der Waals surface area contributed by atoms with E-state index in [1.807, 2.05) is 6.07 Å². The van der Waals surface area contributed by atoms with Crippen molar-refractivity contribution in [2.24, 2.45) is 0 Å². The zero-order valence-electron chi connectivity index (χ0n) is 13.5. The second kappa shape index (κ2) is 6.55. The fraction of sp³-hybridized carbons (Fsp3) is 0.444. The molecular weight excluding hydrogens is 274 g/mol. The van der Waals surface area contributed by atoms with Crippen molar-refractivity contribution in [3.63, 3.8) is 0 Å². The summed E-state index contributed by atoms with van der Waals surface area (Å²) in [5.41, 5.74) is 3.87. The second-order valence-electron chi connectivity index (χ2n) is 6.13. The fourth-order valence-electron chi connectivity index (χ4n) is 2.92. The molecule has 1 aliphatic heterocycles. The van der Waals surface area contributed by atoms with E-state index in [2.05, 4.69) is 53.8 Å². The molecule has 0 amide bonds. The molecule has 3 rings (SSSR count). The monoisotopic (exact) mass is 297 g/mol. The number of aromatic nitrogens is 2. The van der Waals surface area contributed by atoms with E-state index in [0.717, 1.165) is 25.5 Å². The number of hydrogen-bond acceptors (Lipinski definition) is 4. The summed E-state index contributed by atoms with van der Waals surface area (Å²) in [7, 11) is 0. The number of hydrogen-bond donors (Lipinski definition) is 0. The fourth-order valence-corrected chi connectivity index (χ4v) is 2.92. The third-order valence-corrected chi connectivity index (χ3v) is 4.31. The first-order valence-electron chi connectivity index (χ1n) is 7.82. The van der Waals surface area contributed by atoms with Gasteiger partial charge in [0, 0.05) is 25.0 Å². The van der Waals surface area contributed by atoms with Gasteiger partial charge in [0.25, 0.3) is 0 Å². The standard InChI is InChI=1S/C18H23N3O/c1-13-5-6-14(2)16(9-13)17-10-21(15(3)12-22-17)11-18-19-7-4-8-20-18/h4-9,15,17H,10-12H2,1-3H3/t15-,17+/m1/s1. The van der Waals surface area contributed by atoms with Gasteiger partial charge in [-0.2, -0.15) is 0 Å². The number of morpholine rings is 1. The summed E-state index contributed by atoms with van der Waals surface area (Å²) in [6.07, 6.45) is 3.73. The number of aryl methyl sites for hydroxylation is 2. The SMILES string of the molecule is Cc1ccc(C)c([C@@H]2CN(Cc3ncccn3)[C@H](C)CO2)c1. The molecule has 1 aliphatic rings. The van der Waals surface area contributed by atoms with Gasteiger partial charge in [-0.1, -0.05) is 23.8 Å². The summed E-state index contributed by atoms with van der Waals surface area (Å²) in [4.78, 5) is 11.1. The summed E-state index contributed by atoms with van der Waals surface area (Å²) in [6.45, 7) is 8.87. The van der Waals surface area contributed by atoms with Crippen molar-refractivity contribution in [3.8, 4) is 0 Å².